The average Bonchev–Trinajstić information content (AvgIpc) is 3.16. The van der Waals surface area contributed by atoms with Crippen molar-refractivity contribution in [2.75, 3.05) is 26.4 Å². The molecule has 2 atom stereocenters. The van der Waals surface area contributed by atoms with E-state index in [0.717, 1.165) is 0 Å². The first-order valence-corrected chi connectivity index (χ1v) is 5.78. The first-order chi connectivity index (χ1) is 8.24. The van der Waals surface area contributed by atoms with Crippen LogP contribution in [-0.4, -0.2) is 50.6 Å². The standard InChI is InChI=1S/C11H16O6/c12-10(16-6-8-4-14-8)2-1-3-11(13)17-7-9-5-15-9/h8-9H,1-7H2. The lowest BCUT2D eigenvalue weighted by atomic mass is 10.2. The second-order valence-electron chi connectivity index (χ2n) is 4.13. The van der Waals surface area contributed by atoms with Gasteiger partial charge in [0.05, 0.1) is 13.2 Å². The maximum atomic E-state index is 11.2. The van der Waals surface area contributed by atoms with Crippen LogP contribution >= 0.6 is 0 Å². The monoisotopic (exact) mass is 244 g/mol. The van der Waals surface area contributed by atoms with Crippen molar-refractivity contribution < 1.29 is 28.5 Å². The summed E-state index contributed by atoms with van der Waals surface area (Å²) in [5, 5.41) is 0. The van der Waals surface area contributed by atoms with E-state index >= 15 is 0 Å². The lowest BCUT2D eigenvalue weighted by molar-refractivity contribution is -0.146. The van der Waals surface area contributed by atoms with Gasteiger partial charge in [0.25, 0.3) is 0 Å². The summed E-state index contributed by atoms with van der Waals surface area (Å²) >= 11 is 0. The van der Waals surface area contributed by atoms with Crippen molar-refractivity contribution >= 4 is 11.9 Å². The summed E-state index contributed by atoms with van der Waals surface area (Å²) in [6, 6.07) is 0. The zero-order valence-electron chi connectivity index (χ0n) is 9.55. The third-order valence-electron chi connectivity index (χ3n) is 2.43. The molecule has 2 heterocycles. The van der Waals surface area contributed by atoms with E-state index in [-0.39, 0.29) is 37.0 Å². The van der Waals surface area contributed by atoms with Crippen LogP contribution in [0.3, 0.4) is 0 Å². The smallest absolute Gasteiger partial charge is 0.305 e. The molecule has 0 radical (unpaired) electrons. The largest absolute Gasteiger partial charge is 0.463 e. The molecule has 6 nitrogen and oxygen atoms in total. The minimum absolute atomic E-state index is 0.0856. The molecule has 0 aromatic heterocycles. The maximum Gasteiger partial charge on any atom is 0.305 e. The van der Waals surface area contributed by atoms with Crippen LogP contribution in [0.1, 0.15) is 19.3 Å². The van der Waals surface area contributed by atoms with E-state index in [1.165, 1.54) is 0 Å². The molecule has 0 aliphatic carbocycles. The Morgan fingerprint density at radius 3 is 1.71 bits per heavy atom. The normalized spacial score (nSPS) is 25.2. The van der Waals surface area contributed by atoms with Crippen LogP contribution in [0.4, 0.5) is 0 Å². The molecule has 2 fully saturated rings. The van der Waals surface area contributed by atoms with Gasteiger partial charge in [0.1, 0.15) is 25.4 Å². The fourth-order valence-corrected chi connectivity index (χ4v) is 1.22. The molecule has 2 aliphatic rings. The number of epoxide rings is 2. The van der Waals surface area contributed by atoms with Gasteiger partial charge in [0, 0.05) is 12.8 Å². The van der Waals surface area contributed by atoms with Gasteiger partial charge in [-0.05, 0) is 6.42 Å². The number of hydrogen-bond donors (Lipinski definition) is 0. The van der Waals surface area contributed by atoms with E-state index in [2.05, 4.69) is 0 Å². The number of rotatable bonds is 8. The van der Waals surface area contributed by atoms with E-state index in [4.69, 9.17) is 18.9 Å². The molecule has 0 aromatic rings. The van der Waals surface area contributed by atoms with Gasteiger partial charge in [-0.3, -0.25) is 9.59 Å². The molecule has 0 spiro atoms. The molecule has 2 unspecified atom stereocenters. The highest BCUT2D eigenvalue weighted by Gasteiger charge is 2.25. The van der Waals surface area contributed by atoms with Crippen LogP contribution in [0.25, 0.3) is 0 Å². The fourth-order valence-electron chi connectivity index (χ4n) is 1.22. The van der Waals surface area contributed by atoms with Gasteiger partial charge >= 0.3 is 11.9 Å². The van der Waals surface area contributed by atoms with Gasteiger partial charge < -0.3 is 18.9 Å². The Hall–Kier alpha value is -1.14. The summed E-state index contributed by atoms with van der Waals surface area (Å²) in [6.07, 6.45) is 1.10. The van der Waals surface area contributed by atoms with Crippen molar-refractivity contribution in [2.24, 2.45) is 0 Å². The number of ether oxygens (including phenoxy) is 4. The molecule has 17 heavy (non-hydrogen) atoms. The molecule has 6 heteroatoms. The van der Waals surface area contributed by atoms with Crippen molar-refractivity contribution in [3.05, 3.63) is 0 Å². The highest BCUT2D eigenvalue weighted by atomic mass is 16.6. The molecule has 0 N–H and O–H groups in total. The third kappa shape index (κ3) is 5.65. The molecular formula is C11H16O6. The number of hydrogen-bond acceptors (Lipinski definition) is 6. The van der Waals surface area contributed by atoms with Gasteiger partial charge in [-0.1, -0.05) is 0 Å². The third-order valence-corrected chi connectivity index (χ3v) is 2.43. The second kappa shape index (κ2) is 5.97. The Kier molecular flexibility index (Phi) is 4.33. The van der Waals surface area contributed by atoms with E-state index in [0.29, 0.717) is 32.8 Å². The first-order valence-electron chi connectivity index (χ1n) is 5.78. The van der Waals surface area contributed by atoms with Crippen LogP contribution in [0.5, 0.6) is 0 Å². The maximum absolute atomic E-state index is 11.2. The molecular weight excluding hydrogens is 228 g/mol. The quantitative estimate of drug-likeness (QED) is 0.443. The Bertz CT molecular complexity index is 254. The Morgan fingerprint density at radius 1 is 0.941 bits per heavy atom. The highest BCUT2D eigenvalue weighted by Crippen LogP contribution is 2.11. The molecule has 96 valence electrons. The van der Waals surface area contributed by atoms with Crippen LogP contribution in [0.2, 0.25) is 0 Å². The SMILES string of the molecule is O=C(CCCC(=O)OCC1CO1)OCC1CO1. The van der Waals surface area contributed by atoms with E-state index in [1.807, 2.05) is 0 Å². The first kappa shape index (κ1) is 12.3. The lowest BCUT2D eigenvalue weighted by Crippen LogP contribution is -2.12. The van der Waals surface area contributed by atoms with Crippen LogP contribution in [0, 0.1) is 0 Å². The van der Waals surface area contributed by atoms with E-state index < -0.39 is 0 Å². The van der Waals surface area contributed by atoms with Crippen molar-refractivity contribution in [3.63, 3.8) is 0 Å². The molecule has 2 aliphatic heterocycles. The number of carbonyl (C=O) groups is 2. The number of esters is 2. The van der Waals surface area contributed by atoms with Gasteiger partial charge in [0.15, 0.2) is 0 Å². The number of carbonyl (C=O) groups excluding carboxylic acids is 2. The van der Waals surface area contributed by atoms with Crippen molar-refractivity contribution in [3.8, 4) is 0 Å². The molecule has 0 saturated carbocycles. The van der Waals surface area contributed by atoms with Crippen LogP contribution < -0.4 is 0 Å². The lowest BCUT2D eigenvalue weighted by Gasteiger charge is -2.03. The van der Waals surface area contributed by atoms with Crippen LogP contribution in [-0.2, 0) is 28.5 Å². The molecule has 0 bridgehead atoms. The molecule has 2 rings (SSSR count). The summed E-state index contributed by atoms with van der Waals surface area (Å²) in [7, 11) is 0. The Balaban J connectivity index is 1.42. The van der Waals surface area contributed by atoms with Gasteiger partial charge in [-0.2, -0.15) is 0 Å². The van der Waals surface area contributed by atoms with Gasteiger partial charge in [0.2, 0.25) is 0 Å². The fraction of sp³-hybridized carbons (Fsp3) is 0.818. The summed E-state index contributed by atoms with van der Waals surface area (Å²) in [4.78, 5) is 22.4. The van der Waals surface area contributed by atoms with Crippen molar-refractivity contribution in [1.29, 1.82) is 0 Å². The average molecular weight is 244 g/mol. The zero-order valence-corrected chi connectivity index (χ0v) is 9.55. The van der Waals surface area contributed by atoms with E-state index in [1.54, 1.807) is 0 Å². The summed E-state index contributed by atoms with van der Waals surface area (Å²) in [5.74, 6) is -0.586. The Morgan fingerprint density at radius 2 is 1.35 bits per heavy atom. The van der Waals surface area contributed by atoms with Crippen molar-refractivity contribution in [2.45, 2.75) is 31.5 Å². The summed E-state index contributed by atoms with van der Waals surface area (Å²) < 4.78 is 19.6. The van der Waals surface area contributed by atoms with Gasteiger partial charge in [-0.15, -0.1) is 0 Å². The van der Waals surface area contributed by atoms with Gasteiger partial charge in [-0.25, -0.2) is 0 Å². The second-order valence-corrected chi connectivity index (χ2v) is 4.13. The topological polar surface area (TPSA) is 77.7 Å². The van der Waals surface area contributed by atoms with E-state index in [9.17, 15) is 9.59 Å². The minimum Gasteiger partial charge on any atom is -0.463 e. The molecule has 0 amide bonds. The minimum atomic E-state index is -0.293. The summed E-state index contributed by atoms with van der Waals surface area (Å²) in [5.41, 5.74) is 0. The highest BCUT2D eigenvalue weighted by molar-refractivity contribution is 5.72. The predicted molar refractivity (Wildman–Crippen MR) is 55.2 cm³/mol. The Labute approximate surface area is 99.2 Å². The van der Waals surface area contributed by atoms with Crippen LogP contribution in [0.15, 0.2) is 0 Å². The van der Waals surface area contributed by atoms with Crippen molar-refractivity contribution in [1.82, 2.24) is 0 Å². The summed E-state index contributed by atoms with van der Waals surface area (Å²) in [6.45, 7) is 1.98. The zero-order chi connectivity index (χ0) is 12.1. The molecule has 2 saturated heterocycles. The predicted octanol–water partition coefficient (Wildman–Crippen LogP) is 0.0407. The molecule has 0 aromatic carbocycles.